The predicted octanol–water partition coefficient (Wildman–Crippen LogP) is 2.14. The van der Waals surface area contributed by atoms with Gasteiger partial charge in [-0.15, -0.1) is 0 Å². The number of rotatable bonds is 8. The summed E-state index contributed by atoms with van der Waals surface area (Å²) >= 11 is 0. The summed E-state index contributed by atoms with van der Waals surface area (Å²) in [5.41, 5.74) is 0.177. The van der Waals surface area contributed by atoms with Crippen LogP contribution in [0.4, 0.5) is 0 Å². The van der Waals surface area contributed by atoms with Crippen LogP contribution in [-0.4, -0.2) is 29.3 Å². The molecule has 4 rings (SSSR count). The van der Waals surface area contributed by atoms with Gasteiger partial charge < -0.3 is 19.2 Å². The van der Waals surface area contributed by atoms with Crippen molar-refractivity contribution in [3.8, 4) is 11.5 Å². The largest absolute Gasteiger partial charge is 0.493 e. The van der Waals surface area contributed by atoms with E-state index >= 15 is 0 Å². The van der Waals surface area contributed by atoms with Gasteiger partial charge in [0.05, 0.1) is 37.9 Å². The first-order chi connectivity index (χ1) is 16.0. The van der Waals surface area contributed by atoms with Crippen LogP contribution >= 0.6 is 0 Å². The Morgan fingerprint density at radius 2 is 1.76 bits per heavy atom. The number of carbonyl (C=O) groups is 1. The number of para-hydroxylation sites is 1. The molecule has 33 heavy (non-hydrogen) atoms. The first-order valence-electron chi connectivity index (χ1n) is 10.2. The molecule has 0 spiro atoms. The summed E-state index contributed by atoms with van der Waals surface area (Å²) in [6.07, 6.45) is 1.47. The summed E-state index contributed by atoms with van der Waals surface area (Å²) in [5.74, 6) is 1.23. The zero-order valence-corrected chi connectivity index (χ0v) is 18.2. The van der Waals surface area contributed by atoms with Crippen molar-refractivity contribution in [3.05, 3.63) is 93.0 Å². The van der Waals surface area contributed by atoms with E-state index in [1.165, 1.54) is 17.9 Å². The van der Waals surface area contributed by atoms with Gasteiger partial charge in [0.1, 0.15) is 12.3 Å². The fourth-order valence-electron chi connectivity index (χ4n) is 3.61. The smallest absolute Gasteiger partial charge is 0.332 e. The van der Waals surface area contributed by atoms with Crippen molar-refractivity contribution >= 4 is 16.8 Å². The summed E-state index contributed by atoms with van der Waals surface area (Å²) in [7, 11) is 3.09. The molecule has 0 saturated carbocycles. The molecule has 0 saturated heterocycles. The number of amides is 1. The molecular weight excluding hydrogens is 426 g/mol. The van der Waals surface area contributed by atoms with Crippen molar-refractivity contribution in [2.45, 2.75) is 19.6 Å². The lowest BCUT2D eigenvalue weighted by atomic mass is 10.2. The Labute approximate surface area is 188 Å². The van der Waals surface area contributed by atoms with E-state index < -0.39 is 11.2 Å². The maximum atomic E-state index is 13.2. The lowest BCUT2D eigenvalue weighted by molar-refractivity contribution is -0.121. The summed E-state index contributed by atoms with van der Waals surface area (Å²) in [6.45, 7) is -0.0360. The first-order valence-corrected chi connectivity index (χ1v) is 10.2. The van der Waals surface area contributed by atoms with E-state index in [-0.39, 0.29) is 25.5 Å². The lowest BCUT2D eigenvalue weighted by Crippen LogP contribution is -2.42. The van der Waals surface area contributed by atoms with E-state index in [9.17, 15) is 14.4 Å². The minimum Gasteiger partial charge on any atom is -0.493 e. The van der Waals surface area contributed by atoms with Crippen molar-refractivity contribution in [1.29, 1.82) is 0 Å². The molecule has 0 aliphatic rings. The Hall–Kier alpha value is -4.27. The standard InChI is InChI=1S/C24H23N3O6/c1-31-20-10-9-16(12-21(20)32-2)13-25-22(28)15-26-19-8-4-3-7-18(19)23(29)27(24(26)30)14-17-6-5-11-33-17/h3-12H,13-15H2,1-2H3,(H,25,28). The molecule has 9 heteroatoms. The van der Waals surface area contributed by atoms with Gasteiger partial charge in [-0.25, -0.2) is 4.79 Å². The number of benzene rings is 2. The van der Waals surface area contributed by atoms with Crippen molar-refractivity contribution in [3.63, 3.8) is 0 Å². The Morgan fingerprint density at radius 1 is 0.970 bits per heavy atom. The molecule has 2 aromatic carbocycles. The van der Waals surface area contributed by atoms with E-state index in [0.29, 0.717) is 28.2 Å². The highest BCUT2D eigenvalue weighted by atomic mass is 16.5. The summed E-state index contributed by atoms with van der Waals surface area (Å²) in [5, 5.41) is 3.15. The highest BCUT2D eigenvalue weighted by Gasteiger charge is 2.16. The number of ether oxygens (including phenoxy) is 2. The molecule has 0 radical (unpaired) electrons. The summed E-state index contributed by atoms with van der Waals surface area (Å²) in [4.78, 5) is 38.8. The third kappa shape index (κ3) is 4.52. The van der Waals surface area contributed by atoms with Crippen LogP contribution in [0.25, 0.3) is 10.9 Å². The molecule has 1 amide bonds. The molecule has 0 fully saturated rings. The highest BCUT2D eigenvalue weighted by molar-refractivity contribution is 5.81. The van der Waals surface area contributed by atoms with Gasteiger partial charge in [0.2, 0.25) is 5.91 Å². The number of fused-ring (bicyclic) bond motifs is 1. The zero-order valence-electron chi connectivity index (χ0n) is 18.2. The van der Waals surface area contributed by atoms with Gasteiger partial charge >= 0.3 is 5.69 Å². The molecule has 170 valence electrons. The SMILES string of the molecule is COc1ccc(CNC(=O)Cn2c(=O)n(Cc3ccco3)c(=O)c3ccccc32)cc1OC. The fourth-order valence-corrected chi connectivity index (χ4v) is 3.61. The Kier molecular flexibility index (Phi) is 6.30. The second kappa shape index (κ2) is 9.47. The normalized spacial score (nSPS) is 10.8. The molecule has 9 nitrogen and oxygen atoms in total. The second-order valence-corrected chi connectivity index (χ2v) is 7.32. The quantitative estimate of drug-likeness (QED) is 0.442. The average Bonchev–Trinajstić information content (AvgIpc) is 3.36. The van der Waals surface area contributed by atoms with Crippen LogP contribution in [0.2, 0.25) is 0 Å². The zero-order chi connectivity index (χ0) is 23.4. The monoisotopic (exact) mass is 449 g/mol. The first kappa shape index (κ1) is 21.9. The summed E-state index contributed by atoms with van der Waals surface area (Å²) < 4.78 is 18.2. The molecular formula is C24H23N3O6. The van der Waals surface area contributed by atoms with Gasteiger partial charge in [0, 0.05) is 6.54 Å². The van der Waals surface area contributed by atoms with E-state index in [0.717, 1.165) is 10.1 Å². The molecule has 2 heterocycles. The molecule has 0 unspecified atom stereocenters. The number of carbonyl (C=O) groups excluding carboxylic acids is 1. The van der Waals surface area contributed by atoms with Crippen LogP contribution in [0.15, 0.2) is 74.9 Å². The molecule has 0 aliphatic carbocycles. The van der Waals surface area contributed by atoms with Crippen LogP contribution in [0.5, 0.6) is 11.5 Å². The Morgan fingerprint density at radius 3 is 2.48 bits per heavy atom. The van der Waals surface area contributed by atoms with E-state index in [4.69, 9.17) is 13.9 Å². The highest BCUT2D eigenvalue weighted by Crippen LogP contribution is 2.27. The minimum absolute atomic E-state index is 0.0250. The minimum atomic E-state index is -0.587. The second-order valence-electron chi connectivity index (χ2n) is 7.32. The third-order valence-electron chi connectivity index (χ3n) is 5.27. The molecule has 2 aromatic heterocycles. The van der Waals surface area contributed by atoms with Crippen LogP contribution in [0, 0.1) is 0 Å². The maximum absolute atomic E-state index is 13.2. The van der Waals surface area contributed by atoms with Gasteiger partial charge in [-0.3, -0.25) is 18.7 Å². The molecule has 0 bridgehead atoms. The van der Waals surface area contributed by atoms with E-state index in [1.54, 1.807) is 55.6 Å². The summed E-state index contributed by atoms with van der Waals surface area (Å²) in [6, 6.07) is 15.4. The number of methoxy groups -OCH3 is 2. The third-order valence-corrected chi connectivity index (χ3v) is 5.27. The molecule has 1 N–H and O–H groups in total. The number of hydrogen-bond donors (Lipinski definition) is 1. The maximum Gasteiger partial charge on any atom is 0.332 e. The molecule has 0 atom stereocenters. The van der Waals surface area contributed by atoms with Crippen LogP contribution in [0.3, 0.4) is 0 Å². The number of aromatic nitrogens is 2. The van der Waals surface area contributed by atoms with Gasteiger partial charge in [-0.1, -0.05) is 18.2 Å². The van der Waals surface area contributed by atoms with Gasteiger partial charge in [0.25, 0.3) is 5.56 Å². The fraction of sp³-hybridized carbons (Fsp3) is 0.208. The van der Waals surface area contributed by atoms with Crippen LogP contribution < -0.4 is 26.0 Å². The van der Waals surface area contributed by atoms with Crippen molar-refractivity contribution in [2.24, 2.45) is 0 Å². The number of furan rings is 1. The molecule has 4 aromatic rings. The van der Waals surface area contributed by atoms with Crippen molar-refractivity contribution < 1.29 is 18.7 Å². The predicted molar refractivity (Wildman–Crippen MR) is 122 cm³/mol. The Balaban J connectivity index is 1.61. The Bertz CT molecular complexity index is 1400. The number of nitrogens with zero attached hydrogens (tertiary/aromatic N) is 2. The van der Waals surface area contributed by atoms with Crippen LogP contribution in [-0.2, 0) is 24.4 Å². The molecule has 0 aliphatic heterocycles. The van der Waals surface area contributed by atoms with Crippen LogP contribution in [0.1, 0.15) is 11.3 Å². The van der Waals surface area contributed by atoms with Crippen molar-refractivity contribution in [1.82, 2.24) is 14.5 Å². The van der Waals surface area contributed by atoms with Gasteiger partial charge in [0.15, 0.2) is 11.5 Å². The topological polar surface area (TPSA) is 105 Å². The van der Waals surface area contributed by atoms with E-state index in [1.807, 2.05) is 6.07 Å². The lowest BCUT2D eigenvalue weighted by Gasteiger charge is -2.14. The number of nitrogens with one attached hydrogen (secondary N) is 1. The number of hydrogen-bond acceptors (Lipinski definition) is 6. The van der Waals surface area contributed by atoms with Gasteiger partial charge in [-0.05, 0) is 42.0 Å². The average molecular weight is 449 g/mol. The van der Waals surface area contributed by atoms with E-state index in [2.05, 4.69) is 5.32 Å². The van der Waals surface area contributed by atoms with Crippen molar-refractivity contribution in [2.75, 3.05) is 14.2 Å². The van der Waals surface area contributed by atoms with Gasteiger partial charge in [-0.2, -0.15) is 0 Å².